The van der Waals surface area contributed by atoms with Gasteiger partial charge in [-0.1, -0.05) is 26.0 Å². The van der Waals surface area contributed by atoms with Gasteiger partial charge in [-0.15, -0.1) is 5.10 Å². The van der Waals surface area contributed by atoms with Crippen LogP contribution in [0.4, 0.5) is 5.82 Å². The number of hydrogen-bond donors (Lipinski definition) is 2. The fourth-order valence-corrected chi connectivity index (χ4v) is 0.724. The predicted molar refractivity (Wildman–Crippen MR) is 49.3 cm³/mol. The Morgan fingerprint density at radius 3 is 2.77 bits per heavy atom. The van der Waals surface area contributed by atoms with Crippen LogP contribution in [-0.4, -0.2) is 27.7 Å². The summed E-state index contributed by atoms with van der Waals surface area (Å²) >= 11 is 0. The van der Waals surface area contributed by atoms with E-state index in [-0.39, 0.29) is 17.7 Å². The van der Waals surface area contributed by atoms with Gasteiger partial charge in [0, 0.05) is 5.41 Å². The fraction of sp³-hybridized carbons (Fsp3) is 0.625. The summed E-state index contributed by atoms with van der Waals surface area (Å²) in [4.78, 5) is 11.4. The largest absolute Gasteiger partial charge is 0.360 e. The topological polar surface area (TPSA) is 70.7 Å². The lowest BCUT2D eigenvalue weighted by molar-refractivity contribution is -0.124. The molecule has 72 valence electrons. The van der Waals surface area contributed by atoms with E-state index < -0.39 is 0 Å². The third kappa shape index (κ3) is 2.85. The maximum absolute atomic E-state index is 11.4. The summed E-state index contributed by atoms with van der Waals surface area (Å²) in [6.45, 7) is 5.95. The molecular formula is C8H14N4O. The Morgan fingerprint density at radius 1 is 1.62 bits per heavy atom. The molecule has 0 bridgehead atoms. The van der Waals surface area contributed by atoms with E-state index in [9.17, 15) is 4.79 Å². The molecule has 1 rings (SSSR count). The third-order valence-corrected chi connectivity index (χ3v) is 1.68. The van der Waals surface area contributed by atoms with Crippen LogP contribution in [0.3, 0.4) is 0 Å². The van der Waals surface area contributed by atoms with Crippen molar-refractivity contribution in [1.82, 2.24) is 15.4 Å². The second kappa shape index (κ2) is 3.55. The number of carbonyl (C=O) groups is 1. The van der Waals surface area contributed by atoms with Crippen LogP contribution in [0.5, 0.6) is 0 Å². The summed E-state index contributed by atoms with van der Waals surface area (Å²) in [6.07, 6.45) is 1.61. The SMILES string of the molecule is CC(C)(C)C(=O)CNc1c[nH]nn1. The molecule has 0 unspecified atom stereocenters. The molecule has 13 heavy (non-hydrogen) atoms. The van der Waals surface area contributed by atoms with Gasteiger partial charge in [0.2, 0.25) is 0 Å². The summed E-state index contributed by atoms with van der Waals surface area (Å²) in [5, 5.41) is 12.6. The van der Waals surface area contributed by atoms with Crippen molar-refractivity contribution in [2.75, 3.05) is 11.9 Å². The lowest BCUT2D eigenvalue weighted by atomic mass is 9.91. The Bertz CT molecular complexity index is 273. The number of carbonyl (C=O) groups excluding carboxylic acids is 1. The normalized spacial score (nSPS) is 11.3. The molecule has 0 aromatic carbocycles. The first kappa shape index (κ1) is 9.70. The molecule has 0 saturated heterocycles. The van der Waals surface area contributed by atoms with Gasteiger partial charge in [-0.3, -0.25) is 9.89 Å². The molecule has 0 aliphatic carbocycles. The van der Waals surface area contributed by atoms with Gasteiger partial charge in [0.25, 0.3) is 0 Å². The van der Waals surface area contributed by atoms with Crippen molar-refractivity contribution >= 4 is 11.6 Å². The standard InChI is InChI=1S/C8H14N4O/c1-8(2,3)6(13)4-9-7-5-10-12-11-7/h5H,4H2,1-3H3,(H2,9,10,11,12). The monoisotopic (exact) mass is 182 g/mol. The van der Waals surface area contributed by atoms with E-state index in [1.54, 1.807) is 6.20 Å². The van der Waals surface area contributed by atoms with E-state index in [0.717, 1.165) is 0 Å². The van der Waals surface area contributed by atoms with Gasteiger partial charge >= 0.3 is 0 Å². The molecule has 2 N–H and O–H groups in total. The maximum atomic E-state index is 11.4. The summed E-state index contributed by atoms with van der Waals surface area (Å²) in [5.41, 5.74) is -0.309. The van der Waals surface area contributed by atoms with E-state index in [1.165, 1.54) is 0 Å². The van der Waals surface area contributed by atoms with Gasteiger partial charge in [0.1, 0.15) is 0 Å². The first-order valence-corrected chi connectivity index (χ1v) is 4.14. The van der Waals surface area contributed by atoms with Gasteiger partial charge in [0.05, 0.1) is 12.7 Å². The number of hydrogen-bond acceptors (Lipinski definition) is 4. The van der Waals surface area contributed by atoms with Crippen molar-refractivity contribution in [2.45, 2.75) is 20.8 Å². The number of aromatic amines is 1. The molecule has 1 heterocycles. The first-order valence-electron chi connectivity index (χ1n) is 4.14. The van der Waals surface area contributed by atoms with Crippen LogP contribution >= 0.6 is 0 Å². The van der Waals surface area contributed by atoms with Crippen molar-refractivity contribution in [3.63, 3.8) is 0 Å². The van der Waals surface area contributed by atoms with E-state index >= 15 is 0 Å². The van der Waals surface area contributed by atoms with Gasteiger partial charge < -0.3 is 5.32 Å². The van der Waals surface area contributed by atoms with Gasteiger partial charge in [-0.25, -0.2) is 0 Å². The van der Waals surface area contributed by atoms with Crippen LogP contribution in [-0.2, 0) is 4.79 Å². The van der Waals surface area contributed by atoms with Crippen molar-refractivity contribution < 1.29 is 4.79 Å². The van der Waals surface area contributed by atoms with Crippen molar-refractivity contribution in [1.29, 1.82) is 0 Å². The van der Waals surface area contributed by atoms with E-state index in [4.69, 9.17) is 0 Å². The third-order valence-electron chi connectivity index (χ3n) is 1.68. The lowest BCUT2D eigenvalue weighted by Crippen LogP contribution is -2.27. The Hall–Kier alpha value is -1.39. The van der Waals surface area contributed by atoms with Gasteiger partial charge in [-0.2, -0.15) is 0 Å². The van der Waals surface area contributed by atoms with E-state index in [2.05, 4.69) is 20.7 Å². The molecule has 0 radical (unpaired) electrons. The van der Waals surface area contributed by atoms with Crippen molar-refractivity contribution in [2.24, 2.45) is 5.41 Å². The Labute approximate surface area is 76.9 Å². The van der Waals surface area contributed by atoms with Crippen LogP contribution in [0.2, 0.25) is 0 Å². The highest BCUT2D eigenvalue weighted by Gasteiger charge is 2.20. The zero-order valence-electron chi connectivity index (χ0n) is 8.09. The number of nitrogens with one attached hydrogen (secondary N) is 2. The molecule has 1 aromatic rings. The van der Waals surface area contributed by atoms with Crippen LogP contribution in [0.15, 0.2) is 6.20 Å². The Kier molecular flexibility index (Phi) is 2.65. The molecule has 5 heteroatoms. The Balaban J connectivity index is 2.40. The highest BCUT2D eigenvalue weighted by molar-refractivity contribution is 5.87. The molecule has 0 spiro atoms. The second-order valence-corrected chi connectivity index (χ2v) is 3.89. The van der Waals surface area contributed by atoms with Crippen LogP contribution in [0, 0.1) is 5.41 Å². The fourth-order valence-electron chi connectivity index (χ4n) is 0.724. The maximum Gasteiger partial charge on any atom is 0.168 e. The zero-order chi connectivity index (χ0) is 9.90. The summed E-state index contributed by atoms with van der Waals surface area (Å²) in [5.74, 6) is 0.744. The summed E-state index contributed by atoms with van der Waals surface area (Å²) in [7, 11) is 0. The number of ketones is 1. The molecular weight excluding hydrogens is 168 g/mol. The molecule has 0 saturated carbocycles. The van der Waals surface area contributed by atoms with Gasteiger partial charge in [-0.05, 0) is 0 Å². The smallest absolute Gasteiger partial charge is 0.168 e. The first-order chi connectivity index (χ1) is 6.00. The number of aromatic nitrogens is 3. The van der Waals surface area contributed by atoms with E-state index in [1.807, 2.05) is 20.8 Å². The number of anilines is 1. The average molecular weight is 182 g/mol. The minimum absolute atomic E-state index is 0.149. The van der Waals surface area contributed by atoms with Crippen LogP contribution in [0.1, 0.15) is 20.8 Å². The molecule has 0 fully saturated rings. The Morgan fingerprint density at radius 2 is 2.31 bits per heavy atom. The highest BCUT2D eigenvalue weighted by Crippen LogP contribution is 2.14. The minimum atomic E-state index is -0.309. The highest BCUT2D eigenvalue weighted by atomic mass is 16.1. The zero-order valence-corrected chi connectivity index (χ0v) is 8.09. The van der Waals surface area contributed by atoms with Crippen molar-refractivity contribution in [3.05, 3.63) is 6.20 Å². The number of H-pyrrole nitrogens is 1. The number of Topliss-reactive ketones (excluding diaryl/α,β-unsaturated/α-hetero) is 1. The predicted octanol–water partition coefficient (Wildman–Crippen LogP) is 0.832. The number of nitrogens with zero attached hydrogens (tertiary/aromatic N) is 2. The quantitative estimate of drug-likeness (QED) is 0.726. The molecule has 1 aromatic heterocycles. The average Bonchev–Trinajstić information content (AvgIpc) is 2.50. The van der Waals surface area contributed by atoms with Gasteiger partial charge in [0.15, 0.2) is 11.6 Å². The summed E-state index contributed by atoms with van der Waals surface area (Å²) in [6, 6.07) is 0. The lowest BCUT2D eigenvalue weighted by Gasteiger charge is -2.16. The molecule has 0 amide bonds. The molecule has 5 nitrogen and oxygen atoms in total. The van der Waals surface area contributed by atoms with Crippen LogP contribution in [0.25, 0.3) is 0 Å². The second-order valence-electron chi connectivity index (χ2n) is 3.89. The van der Waals surface area contributed by atoms with E-state index in [0.29, 0.717) is 5.82 Å². The summed E-state index contributed by atoms with van der Waals surface area (Å²) < 4.78 is 0. The molecule has 0 aliphatic rings. The number of rotatable bonds is 3. The molecule has 0 atom stereocenters. The molecule has 0 aliphatic heterocycles. The minimum Gasteiger partial charge on any atom is -0.360 e. The van der Waals surface area contributed by atoms with Crippen LogP contribution < -0.4 is 5.32 Å². The van der Waals surface area contributed by atoms with Crippen molar-refractivity contribution in [3.8, 4) is 0 Å².